The van der Waals surface area contributed by atoms with Crippen molar-refractivity contribution in [2.24, 2.45) is 0 Å². The highest BCUT2D eigenvalue weighted by atomic mass is 28.2. The van der Waals surface area contributed by atoms with Crippen molar-refractivity contribution in [3.05, 3.63) is 0 Å². The second kappa shape index (κ2) is 43.5. The quantitative estimate of drug-likeness (QED) is 0.406. The molecule has 30 valence electrons. The van der Waals surface area contributed by atoms with Gasteiger partial charge in [0.05, 0.1) is 0 Å². The Hall–Kier alpha value is -0.153. The predicted octanol–water partition coefficient (Wildman–Crippen LogP) is -0.539. The van der Waals surface area contributed by atoms with Gasteiger partial charge in [0.25, 0.3) is 0 Å². The minimum Gasteiger partial charge on any atom is -0.432 e. The predicted molar refractivity (Wildman–Crippen MR) is 21.0 cm³/mol. The molecular formula is C2H6O2Si. The van der Waals surface area contributed by atoms with E-state index in [1.807, 2.05) is 6.79 Å². The molecule has 0 aromatic heterocycles. The molecule has 0 aromatic carbocycles. The van der Waals surface area contributed by atoms with Crippen LogP contribution in [0.15, 0.2) is 0 Å². The van der Waals surface area contributed by atoms with Gasteiger partial charge in [-0.1, -0.05) is 0 Å². The molecule has 2 nitrogen and oxygen atoms in total. The maximum absolute atomic E-state index is 8.00. The van der Waals surface area contributed by atoms with E-state index in [0.29, 0.717) is 0 Å². The maximum Gasteiger partial charge on any atom is 0.220 e. The van der Waals surface area contributed by atoms with Crippen LogP contribution in [0.1, 0.15) is 0 Å². The minimum absolute atomic E-state index is 0.0833. The molecule has 0 aliphatic carbocycles. The molecule has 1 N–H and O–H groups in total. The van der Waals surface area contributed by atoms with Crippen molar-refractivity contribution in [3.8, 4) is 0 Å². The molecule has 0 spiro atoms. The van der Waals surface area contributed by atoms with Gasteiger partial charge in [-0.05, 0) is 6.55 Å². The first kappa shape index (κ1) is 8.85. The van der Waals surface area contributed by atoms with Gasteiger partial charge in [0, 0.05) is 0 Å². The molecule has 0 unspecified atom stereocenters. The van der Waals surface area contributed by atoms with Gasteiger partial charge in [-0.3, -0.25) is 0 Å². The van der Waals surface area contributed by atoms with E-state index >= 15 is 0 Å². The van der Waals surface area contributed by atoms with Crippen LogP contribution in [-0.4, -0.2) is 21.3 Å². The van der Waals surface area contributed by atoms with Gasteiger partial charge in [0.15, 0.2) is 0 Å². The lowest BCUT2D eigenvalue weighted by atomic mass is 11.9. The third-order valence-corrected chi connectivity index (χ3v) is 0. The molecule has 0 rings (SSSR count). The van der Waals surface area contributed by atoms with E-state index in [0.717, 1.165) is 0 Å². The zero-order chi connectivity index (χ0) is 4.71. The summed E-state index contributed by atoms with van der Waals surface area (Å²) in [5.74, 6) is 0. The third-order valence-electron chi connectivity index (χ3n) is 0. The molecule has 0 fully saturated rings. The van der Waals surface area contributed by atoms with Crippen LogP contribution in [-0.2, 0) is 4.79 Å². The van der Waals surface area contributed by atoms with Gasteiger partial charge in [-0.25, -0.2) is 0 Å². The molecule has 3 heteroatoms. The molecule has 0 atom stereocenters. The Bertz CT molecular complexity index is 11.6. The molecule has 0 aliphatic rings. The maximum atomic E-state index is 8.00. The topological polar surface area (TPSA) is 37.3 Å². The highest BCUT2D eigenvalue weighted by Crippen LogP contribution is 1.24. The number of carbonyl (C=O) groups excluding carboxylic acids is 1. The Morgan fingerprint density at radius 3 is 1.80 bits per heavy atom. The highest BCUT2D eigenvalue weighted by Gasteiger charge is 1.43. The Morgan fingerprint density at radius 2 is 1.80 bits per heavy atom. The molecule has 0 amide bonds. The van der Waals surface area contributed by atoms with E-state index in [-0.39, 0.29) is 9.76 Å². The zero-order valence-corrected chi connectivity index (χ0v) is 4.06. The smallest absolute Gasteiger partial charge is 0.220 e. The van der Waals surface area contributed by atoms with E-state index in [2.05, 4.69) is 0 Å². The standard InChI is InChI=1S/CH4OSi.CH2O/c1-3-2;1-2/h2H,1H3;1H2. The molecule has 0 aromatic rings. The average molecular weight is 90.2 g/mol. The largest absolute Gasteiger partial charge is 0.432 e. The van der Waals surface area contributed by atoms with Crippen LogP contribution in [0.3, 0.4) is 0 Å². The number of carbonyl (C=O) groups is 1. The summed E-state index contributed by atoms with van der Waals surface area (Å²) in [7, 11) is 0.0833. The van der Waals surface area contributed by atoms with Gasteiger partial charge in [0.1, 0.15) is 6.79 Å². The number of rotatable bonds is 0. The Balaban J connectivity index is 0. The summed E-state index contributed by atoms with van der Waals surface area (Å²) < 4.78 is 0. The summed E-state index contributed by atoms with van der Waals surface area (Å²) in [6.07, 6.45) is 0. The summed E-state index contributed by atoms with van der Waals surface area (Å²) in [4.78, 5) is 15.6. The number of hydrogen-bond donors (Lipinski definition) is 1. The SMILES string of the molecule is C=O.C[Si]O. The second-order valence-electron chi connectivity index (χ2n) is 0.224. The fourth-order valence-electron chi connectivity index (χ4n) is 0. The molecule has 0 bridgehead atoms. The summed E-state index contributed by atoms with van der Waals surface area (Å²) in [5.41, 5.74) is 0. The molecule has 0 saturated carbocycles. The molecule has 2 radical (unpaired) electrons. The lowest BCUT2D eigenvalue weighted by Crippen LogP contribution is -1.65. The first-order valence-corrected chi connectivity index (χ1v) is 2.46. The highest BCUT2D eigenvalue weighted by molar-refractivity contribution is 6.22. The van der Waals surface area contributed by atoms with E-state index in [9.17, 15) is 0 Å². The fraction of sp³-hybridized carbons (Fsp3) is 0.500. The normalized spacial score (nSPS) is 4.40. The van der Waals surface area contributed by atoms with Gasteiger partial charge >= 0.3 is 0 Å². The first-order valence-electron chi connectivity index (χ1n) is 1.01. The van der Waals surface area contributed by atoms with Crippen molar-refractivity contribution in [1.82, 2.24) is 0 Å². The van der Waals surface area contributed by atoms with Gasteiger partial charge < -0.3 is 9.59 Å². The minimum atomic E-state index is 0.0833. The molecule has 0 saturated heterocycles. The Labute approximate surface area is 33.8 Å². The van der Waals surface area contributed by atoms with E-state index < -0.39 is 0 Å². The van der Waals surface area contributed by atoms with E-state index in [4.69, 9.17) is 9.59 Å². The summed E-state index contributed by atoms with van der Waals surface area (Å²) >= 11 is 0. The van der Waals surface area contributed by atoms with Crippen molar-refractivity contribution < 1.29 is 9.59 Å². The van der Waals surface area contributed by atoms with E-state index in [1.165, 1.54) is 0 Å². The molecule has 0 aliphatic heterocycles. The van der Waals surface area contributed by atoms with Crippen LogP contribution in [0.2, 0.25) is 6.55 Å². The van der Waals surface area contributed by atoms with Crippen molar-refractivity contribution in [2.45, 2.75) is 6.55 Å². The van der Waals surface area contributed by atoms with Gasteiger partial charge in [-0.15, -0.1) is 0 Å². The summed E-state index contributed by atoms with van der Waals surface area (Å²) in [6, 6.07) is 0. The average Bonchev–Trinajstić information content (AvgIpc) is 1.46. The first-order chi connectivity index (χ1) is 2.41. The van der Waals surface area contributed by atoms with Gasteiger partial charge in [-0.2, -0.15) is 0 Å². The van der Waals surface area contributed by atoms with Crippen molar-refractivity contribution in [2.75, 3.05) is 0 Å². The number of hydrogen-bond acceptors (Lipinski definition) is 2. The van der Waals surface area contributed by atoms with Crippen LogP contribution in [0.5, 0.6) is 0 Å². The summed E-state index contributed by atoms with van der Waals surface area (Å²) in [6.45, 7) is 3.71. The summed E-state index contributed by atoms with van der Waals surface area (Å²) in [5, 5.41) is 0. The second-order valence-corrected chi connectivity index (χ2v) is 0.671. The fourth-order valence-corrected chi connectivity index (χ4v) is 0. The third kappa shape index (κ3) is 560. The van der Waals surface area contributed by atoms with Gasteiger partial charge in [0.2, 0.25) is 9.76 Å². The monoisotopic (exact) mass is 90.0 g/mol. The van der Waals surface area contributed by atoms with Crippen LogP contribution in [0.4, 0.5) is 0 Å². The lowest BCUT2D eigenvalue weighted by molar-refractivity contribution is -0.0979. The molecule has 5 heavy (non-hydrogen) atoms. The van der Waals surface area contributed by atoms with Crippen molar-refractivity contribution in [3.63, 3.8) is 0 Å². The lowest BCUT2D eigenvalue weighted by Gasteiger charge is -1.46. The zero-order valence-electron chi connectivity index (χ0n) is 3.06. The van der Waals surface area contributed by atoms with Crippen molar-refractivity contribution >= 4 is 16.6 Å². The Morgan fingerprint density at radius 1 is 1.80 bits per heavy atom. The van der Waals surface area contributed by atoms with Crippen LogP contribution in [0.25, 0.3) is 0 Å². The van der Waals surface area contributed by atoms with Crippen molar-refractivity contribution in [1.29, 1.82) is 0 Å². The van der Waals surface area contributed by atoms with Crippen LogP contribution < -0.4 is 0 Å². The molecule has 0 heterocycles. The van der Waals surface area contributed by atoms with Crippen LogP contribution >= 0.6 is 0 Å². The van der Waals surface area contributed by atoms with Crippen LogP contribution in [0, 0.1) is 0 Å². The Kier molecular flexibility index (Phi) is 76.9. The molecular weight excluding hydrogens is 84.1 g/mol. The van der Waals surface area contributed by atoms with E-state index in [1.54, 1.807) is 6.55 Å².